The lowest BCUT2D eigenvalue weighted by molar-refractivity contribution is -0.0715. The zero-order chi connectivity index (χ0) is 16.3. The molecule has 0 aliphatic heterocycles. The predicted molar refractivity (Wildman–Crippen MR) is 84.1 cm³/mol. The fourth-order valence-corrected chi connectivity index (χ4v) is 3.23. The van der Waals surface area contributed by atoms with Crippen molar-refractivity contribution in [2.75, 3.05) is 14.2 Å². The molecule has 1 heterocycles. The number of likely N-dealkylation sites (N-methyl/N-ethyl adjacent to an activating group) is 1. The van der Waals surface area contributed by atoms with Crippen molar-refractivity contribution in [3.8, 4) is 0 Å². The molecule has 6 nitrogen and oxygen atoms in total. The summed E-state index contributed by atoms with van der Waals surface area (Å²) in [6, 6.07) is -0.279. The Morgan fingerprint density at radius 3 is 2.95 bits per heavy atom. The van der Waals surface area contributed by atoms with Gasteiger partial charge in [-0.3, -0.25) is 9.48 Å². The average molecular weight is 330 g/mol. The van der Waals surface area contributed by atoms with E-state index in [4.69, 9.17) is 16.3 Å². The topological polar surface area (TPSA) is 67.6 Å². The first-order valence-electron chi connectivity index (χ1n) is 7.70. The van der Waals surface area contributed by atoms with Gasteiger partial charge in [-0.05, 0) is 25.7 Å². The van der Waals surface area contributed by atoms with Crippen LogP contribution in [-0.4, -0.2) is 58.1 Å². The van der Waals surface area contributed by atoms with Crippen molar-refractivity contribution in [3.63, 3.8) is 0 Å². The second-order valence-corrected chi connectivity index (χ2v) is 6.17. The van der Waals surface area contributed by atoms with Crippen LogP contribution in [0.15, 0.2) is 6.20 Å². The lowest BCUT2D eigenvalue weighted by atomic mass is 9.89. The molecule has 1 fully saturated rings. The zero-order valence-electron chi connectivity index (χ0n) is 13.3. The van der Waals surface area contributed by atoms with Crippen LogP contribution in [0.4, 0.5) is 0 Å². The number of rotatable bonds is 5. The summed E-state index contributed by atoms with van der Waals surface area (Å²) in [5, 5.41) is 15.0. The van der Waals surface area contributed by atoms with Crippen LogP contribution in [0.3, 0.4) is 0 Å². The Morgan fingerprint density at radius 2 is 2.32 bits per heavy atom. The maximum Gasteiger partial charge on any atom is 0.275 e. The highest BCUT2D eigenvalue weighted by Crippen LogP contribution is 2.26. The Hall–Kier alpha value is -1.11. The molecule has 1 saturated carbocycles. The Bertz CT molecular complexity index is 520. The Labute approximate surface area is 136 Å². The fourth-order valence-electron chi connectivity index (χ4n) is 3.00. The first-order valence-corrected chi connectivity index (χ1v) is 8.08. The minimum Gasteiger partial charge on any atom is -0.388 e. The molecule has 2 rings (SSSR count). The van der Waals surface area contributed by atoms with Crippen molar-refractivity contribution >= 4 is 17.5 Å². The Morgan fingerprint density at radius 1 is 1.59 bits per heavy atom. The summed E-state index contributed by atoms with van der Waals surface area (Å²) < 4.78 is 6.97. The highest BCUT2D eigenvalue weighted by Gasteiger charge is 2.37. The number of ether oxygens (including phenoxy) is 1. The second-order valence-electron chi connectivity index (χ2n) is 5.77. The normalized spacial score (nSPS) is 25.2. The van der Waals surface area contributed by atoms with E-state index in [1.165, 1.54) is 0 Å². The summed E-state index contributed by atoms with van der Waals surface area (Å²) in [4.78, 5) is 14.2. The summed E-state index contributed by atoms with van der Waals surface area (Å²) in [7, 11) is 3.27. The number of halogens is 1. The molecule has 124 valence electrons. The number of aryl methyl sites for hydroxylation is 1. The third-order valence-corrected chi connectivity index (χ3v) is 4.53. The first-order chi connectivity index (χ1) is 10.5. The molecule has 0 saturated heterocycles. The smallest absolute Gasteiger partial charge is 0.275 e. The van der Waals surface area contributed by atoms with E-state index in [9.17, 15) is 9.90 Å². The molecule has 7 heteroatoms. The lowest BCUT2D eigenvalue weighted by Crippen LogP contribution is -2.52. The van der Waals surface area contributed by atoms with Gasteiger partial charge in [-0.15, -0.1) is 0 Å². The van der Waals surface area contributed by atoms with E-state index < -0.39 is 6.10 Å². The largest absolute Gasteiger partial charge is 0.388 e. The third kappa shape index (κ3) is 3.45. The maximum absolute atomic E-state index is 12.6. The number of carbonyl (C=O) groups is 1. The van der Waals surface area contributed by atoms with Gasteiger partial charge in [0, 0.05) is 26.9 Å². The number of hydrogen-bond acceptors (Lipinski definition) is 4. The van der Waals surface area contributed by atoms with Gasteiger partial charge in [0.25, 0.3) is 5.91 Å². The molecule has 1 aliphatic carbocycles. The van der Waals surface area contributed by atoms with Gasteiger partial charge in [0.05, 0.1) is 17.2 Å². The quantitative estimate of drug-likeness (QED) is 0.896. The molecule has 0 unspecified atom stereocenters. The minimum atomic E-state index is -0.691. The SMILES string of the molecule is CCCn1cc(Cl)c(C(=O)N(C)[C@@H]2CCC[C@@H](OC)[C@@H]2O)n1. The molecule has 1 amide bonds. The van der Waals surface area contributed by atoms with E-state index >= 15 is 0 Å². The number of aliphatic hydroxyl groups is 1. The number of nitrogens with zero attached hydrogens (tertiary/aromatic N) is 3. The van der Waals surface area contributed by atoms with Crippen LogP contribution in [0.2, 0.25) is 5.02 Å². The summed E-state index contributed by atoms with van der Waals surface area (Å²) in [6.07, 6.45) is 4.13. The van der Waals surface area contributed by atoms with Crippen LogP contribution in [0.5, 0.6) is 0 Å². The van der Waals surface area contributed by atoms with Crippen LogP contribution < -0.4 is 0 Å². The summed E-state index contributed by atoms with van der Waals surface area (Å²) in [5.41, 5.74) is 0.240. The number of hydrogen-bond donors (Lipinski definition) is 1. The standard InChI is InChI=1S/C15H24ClN3O3/c1-4-8-19-9-10(16)13(17-19)15(21)18(2)11-6-5-7-12(22-3)14(11)20/h9,11-12,14,20H,4-8H2,1-3H3/t11-,12-,14-/m1/s1. The van der Waals surface area contributed by atoms with Crippen LogP contribution >= 0.6 is 11.6 Å². The number of aliphatic hydroxyl groups excluding tert-OH is 1. The molecule has 22 heavy (non-hydrogen) atoms. The van der Waals surface area contributed by atoms with Gasteiger partial charge in [0.2, 0.25) is 0 Å². The molecular weight excluding hydrogens is 306 g/mol. The summed E-state index contributed by atoms with van der Waals surface area (Å²) in [6.45, 7) is 2.75. The molecule has 0 spiro atoms. The Balaban J connectivity index is 2.14. The van der Waals surface area contributed by atoms with E-state index in [0.29, 0.717) is 11.6 Å². The van der Waals surface area contributed by atoms with E-state index in [1.54, 1.807) is 29.9 Å². The van der Waals surface area contributed by atoms with Gasteiger partial charge in [0.15, 0.2) is 5.69 Å². The summed E-state index contributed by atoms with van der Waals surface area (Å²) in [5.74, 6) is -0.263. The molecule has 1 N–H and O–H groups in total. The lowest BCUT2D eigenvalue weighted by Gasteiger charge is -2.38. The van der Waals surface area contributed by atoms with Gasteiger partial charge in [-0.1, -0.05) is 18.5 Å². The van der Waals surface area contributed by atoms with Crippen LogP contribution in [-0.2, 0) is 11.3 Å². The number of aromatic nitrogens is 2. The van der Waals surface area contributed by atoms with Crippen LogP contribution in [0.1, 0.15) is 43.1 Å². The van der Waals surface area contributed by atoms with Gasteiger partial charge in [0.1, 0.15) is 6.10 Å². The molecule has 0 bridgehead atoms. The maximum atomic E-state index is 12.6. The number of carbonyl (C=O) groups excluding carboxylic acids is 1. The highest BCUT2D eigenvalue weighted by molar-refractivity contribution is 6.33. The van der Waals surface area contributed by atoms with Crippen molar-refractivity contribution in [1.82, 2.24) is 14.7 Å². The molecule has 0 radical (unpaired) electrons. The minimum absolute atomic E-state index is 0.234. The van der Waals surface area contributed by atoms with Crippen molar-refractivity contribution in [1.29, 1.82) is 0 Å². The van der Waals surface area contributed by atoms with Crippen molar-refractivity contribution < 1.29 is 14.6 Å². The molecule has 1 aromatic rings. The van der Waals surface area contributed by atoms with E-state index in [2.05, 4.69) is 5.10 Å². The van der Waals surface area contributed by atoms with E-state index in [1.807, 2.05) is 6.92 Å². The summed E-state index contributed by atoms with van der Waals surface area (Å²) >= 11 is 6.13. The van der Waals surface area contributed by atoms with Crippen molar-refractivity contribution in [2.24, 2.45) is 0 Å². The molecule has 1 aromatic heterocycles. The van der Waals surface area contributed by atoms with Gasteiger partial charge in [-0.25, -0.2) is 0 Å². The van der Waals surface area contributed by atoms with E-state index in [0.717, 1.165) is 25.7 Å². The van der Waals surface area contributed by atoms with Gasteiger partial charge >= 0.3 is 0 Å². The Kier molecular flexibility index (Phi) is 5.83. The predicted octanol–water partition coefficient (Wildman–Crippen LogP) is 1.95. The zero-order valence-corrected chi connectivity index (χ0v) is 14.1. The van der Waals surface area contributed by atoms with Gasteiger partial charge in [-0.2, -0.15) is 5.10 Å². The number of amides is 1. The van der Waals surface area contributed by atoms with Crippen LogP contribution in [0.25, 0.3) is 0 Å². The van der Waals surface area contributed by atoms with Crippen molar-refractivity contribution in [2.45, 2.75) is 57.4 Å². The second kappa shape index (κ2) is 7.44. The monoisotopic (exact) mass is 329 g/mol. The van der Waals surface area contributed by atoms with Crippen LogP contribution in [0, 0.1) is 0 Å². The van der Waals surface area contributed by atoms with Gasteiger partial charge < -0.3 is 14.7 Å². The van der Waals surface area contributed by atoms with E-state index in [-0.39, 0.29) is 23.7 Å². The third-order valence-electron chi connectivity index (χ3n) is 4.26. The molecular formula is C15H24ClN3O3. The molecule has 3 atom stereocenters. The first kappa shape index (κ1) is 17.2. The van der Waals surface area contributed by atoms with Crippen molar-refractivity contribution in [3.05, 3.63) is 16.9 Å². The number of methoxy groups -OCH3 is 1. The highest BCUT2D eigenvalue weighted by atomic mass is 35.5. The molecule has 1 aliphatic rings. The molecule has 0 aromatic carbocycles. The fraction of sp³-hybridized carbons (Fsp3) is 0.733. The average Bonchev–Trinajstić information content (AvgIpc) is 2.87.